The van der Waals surface area contributed by atoms with Crippen molar-refractivity contribution in [3.63, 3.8) is 0 Å². The maximum Gasteiger partial charge on any atom is 0.338 e. The van der Waals surface area contributed by atoms with E-state index in [4.69, 9.17) is 19.2 Å². The summed E-state index contributed by atoms with van der Waals surface area (Å²) in [5.74, 6) is 0.837. The molecule has 4 aromatic rings. The summed E-state index contributed by atoms with van der Waals surface area (Å²) in [7, 11) is 1.59. The normalized spacial score (nSPS) is 15.0. The zero-order valence-electron chi connectivity index (χ0n) is 22.6. The Hall–Kier alpha value is -2.97. The average Bonchev–Trinajstić information content (AvgIpc) is 3.25. The Balaban J connectivity index is 1.77. The maximum atomic E-state index is 14.2. The van der Waals surface area contributed by atoms with Gasteiger partial charge in [-0.2, -0.15) is 0 Å². The molecule has 0 spiro atoms. The van der Waals surface area contributed by atoms with Crippen LogP contribution in [-0.4, -0.2) is 30.9 Å². The number of thiazole rings is 1. The number of hydrogen-bond acceptors (Lipinski definition) is 7. The zero-order chi connectivity index (χ0) is 29.3. The lowest BCUT2D eigenvalue weighted by Crippen LogP contribution is -2.40. The third-order valence-electron chi connectivity index (χ3n) is 6.60. The van der Waals surface area contributed by atoms with Crippen LogP contribution in [0.2, 0.25) is 0 Å². The van der Waals surface area contributed by atoms with Gasteiger partial charge in [-0.1, -0.05) is 54.3 Å². The first-order valence-electron chi connectivity index (χ1n) is 12.8. The molecule has 0 saturated heterocycles. The smallest absolute Gasteiger partial charge is 0.338 e. The summed E-state index contributed by atoms with van der Waals surface area (Å²) in [6.07, 6.45) is 3.56. The minimum atomic E-state index is -0.788. The summed E-state index contributed by atoms with van der Waals surface area (Å²) in [6.45, 7) is 7.86. The number of aromatic nitrogens is 1. The molecule has 1 aliphatic heterocycles. The van der Waals surface area contributed by atoms with Crippen LogP contribution in [0.15, 0.2) is 82.2 Å². The van der Waals surface area contributed by atoms with Crippen LogP contribution in [0.25, 0.3) is 16.8 Å². The molecule has 2 heterocycles. The third-order valence-corrected chi connectivity index (χ3v) is 9.19. The number of methoxy groups -OCH3 is 1. The van der Waals surface area contributed by atoms with Crippen molar-refractivity contribution >= 4 is 79.3 Å². The molecule has 1 aromatic heterocycles. The van der Waals surface area contributed by atoms with Gasteiger partial charge in [-0.05, 0) is 99.6 Å². The molecule has 0 N–H and O–H groups in total. The predicted molar refractivity (Wildman–Crippen MR) is 178 cm³/mol. The van der Waals surface area contributed by atoms with Crippen molar-refractivity contribution in [1.82, 2.24) is 4.57 Å². The van der Waals surface area contributed by atoms with E-state index in [1.54, 1.807) is 31.6 Å². The molecule has 210 valence electrons. The molecule has 3 aromatic carbocycles. The first-order chi connectivity index (χ1) is 19.8. The molecule has 41 heavy (non-hydrogen) atoms. The van der Waals surface area contributed by atoms with Crippen LogP contribution in [0.4, 0.5) is 0 Å². The van der Waals surface area contributed by atoms with Crippen LogP contribution >= 0.6 is 56.5 Å². The number of allylic oxidation sites excluding steroid dienone is 1. The molecule has 10 heteroatoms. The summed E-state index contributed by atoms with van der Waals surface area (Å²) in [5, 5.41) is 1.84. The van der Waals surface area contributed by atoms with Crippen molar-refractivity contribution in [3.8, 4) is 11.5 Å². The molecule has 0 amide bonds. The molecule has 0 bridgehead atoms. The van der Waals surface area contributed by atoms with Crippen molar-refractivity contribution in [3.05, 3.63) is 110 Å². The van der Waals surface area contributed by atoms with Crippen molar-refractivity contribution in [2.75, 3.05) is 20.3 Å². The van der Waals surface area contributed by atoms with Gasteiger partial charge in [0, 0.05) is 5.56 Å². The van der Waals surface area contributed by atoms with Crippen molar-refractivity contribution in [2.24, 2.45) is 4.99 Å². The Morgan fingerprint density at radius 2 is 1.90 bits per heavy atom. The van der Waals surface area contributed by atoms with E-state index in [0.717, 1.165) is 29.2 Å². The number of fused-ring (bicyclic) bond motifs is 2. The minimum absolute atomic E-state index is 0.198. The second kappa shape index (κ2) is 12.5. The van der Waals surface area contributed by atoms with E-state index < -0.39 is 12.0 Å². The van der Waals surface area contributed by atoms with Gasteiger partial charge in [0.15, 0.2) is 4.80 Å². The molecule has 1 unspecified atom stereocenters. The van der Waals surface area contributed by atoms with E-state index in [0.29, 0.717) is 38.5 Å². The second-order valence-corrected chi connectivity index (χ2v) is 12.5. The highest BCUT2D eigenvalue weighted by Gasteiger charge is 2.36. The molecule has 5 rings (SSSR count). The van der Waals surface area contributed by atoms with Gasteiger partial charge in [0.1, 0.15) is 24.1 Å². The van der Waals surface area contributed by atoms with Gasteiger partial charge in [0.25, 0.3) is 5.56 Å². The number of rotatable bonds is 8. The van der Waals surface area contributed by atoms with Crippen molar-refractivity contribution in [2.45, 2.75) is 19.9 Å². The number of nitrogens with zero attached hydrogens (tertiary/aromatic N) is 2. The maximum absolute atomic E-state index is 14.2. The molecule has 0 radical (unpaired) electrons. The summed E-state index contributed by atoms with van der Waals surface area (Å²) >= 11 is 5.75. The van der Waals surface area contributed by atoms with Crippen molar-refractivity contribution in [1.29, 1.82) is 0 Å². The number of benzene rings is 3. The molecule has 1 aliphatic rings. The number of carbonyl (C=O) groups is 1. The fraction of sp³-hybridized carbons (Fsp3) is 0.194. The number of hydrogen-bond donors (Lipinski definition) is 0. The molecular formula is C31H26I2N2O5S. The largest absolute Gasteiger partial charge is 0.496 e. The summed E-state index contributed by atoms with van der Waals surface area (Å²) in [4.78, 5) is 32.8. The Bertz CT molecular complexity index is 1880. The standard InChI is InChI=1S/C31H26I2N2O5S/c1-5-13-40-28-21(32)14-18(15-22(28)33)16-24-29(36)35-27(25(30(37)39-6-2)17(3)34-31(35)41-24)26-20-10-8-7-9-19(20)11-12-23(26)38-4/h5,7-12,14-16,27H,1,6,13H2,2-4H3/b24-16-. The highest BCUT2D eigenvalue weighted by molar-refractivity contribution is 14.1. The summed E-state index contributed by atoms with van der Waals surface area (Å²) in [6, 6.07) is 14.8. The van der Waals surface area contributed by atoms with Crippen LogP contribution in [0.3, 0.4) is 0 Å². The minimum Gasteiger partial charge on any atom is -0.496 e. The first kappa shape index (κ1) is 29.5. The van der Waals surface area contributed by atoms with E-state index >= 15 is 0 Å². The lowest BCUT2D eigenvalue weighted by atomic mass is 9.90. The number of ether oxygens (including phenoxy) is 3. The first-order valence-corrected chi connectivity index (χ1v) is 15.7. The molecular weight excluding hydrogens is 766 g/mol. The van der Waals surface area contributed by atoms with Gasteiger partial charge in [0.2, 0.25) is 0 Å². The van der Waals surface area contributed by atoms with Gasteiger partial charge in [-0.25, -0.2) is 9.79 Å². The molecule has 0 fully saturated rings. The van der Waals surface area contributed by atoms with E-state index in [1.165, 1.54) is 11.3 Å². The lowest BCUT2D eigenvalue weighted by molar-refractivity contribution is -0.139. The quantitative estimate of drug-likeness (QED) is 0.130. The van der Waals surface area contributed by atoms with Gasteiger partial charge in [-0.3, -0.25) is 9.36 Å². The van der Waals surface area contributed by atoms with E-state index in [-0.39, 0.29) is 12.2 Å². The molecule has 1 atom stereocenters. The van der Waals surface area contributed by atoms with Gasteiger partial charge in [0.05, 0.1) is 36.7 Å². The zero-order valence-corrected chi connectivity index (χ0v) is 27.7. The fourth-order valence-electron chi connectivity index (χ4n) is 4.89. The number of esters is 1. The van der Waals surface area contributed by atoms with Crippen LogP contribution in [0, 0.1) is 7.14 Å². The predicted octanol–water partition coefficient (Wildman–Crippen LogP) is 5.73. The van der Waals surface area contributed by atoms with Crippen LogP contribution < -0.4 is 24.4 Å². The fourth-order valence-corrected chi connectivity index (χ4v) is 8.07. The average molecular weight is 792 g/mol. The van der Waals surface area contributed by atoms with Crippen LogP contribution in [0.5, 0.6) is 11.5 Å². The summed E-state index contributed by atoms with van der Waals surface area (Å²) in [5.41, 5.74) is 2.14. The van der Waals surface area contributed by atoms with Crippen molar-refractivity contribution < 1.29 is 19.0 Å². The topological polar surface area (TPSA) is 79.1 Å². The lowest BCUT2D eigenvalue weighted by Gasteiger charge is -2.27. The van der Waals surface area contributed by atoms with Gasteiger partial charge < -0.3 is 14.2 Å². The Morgan fingerprint density at radius 3 is 2.59 bits per heavy atom. The molecule has 7 nitrogen and oxygen atoms in total. The highest BCUT2D eigenvalue weighted by Crippen LogP contribution is 2.40. The third kappa shape index (κ3) is 5.61. The van der Waals surface area contributed by atoms with Crippen LogP contribution in [-0.2, 0) is 9.53 Å². The molecule has 0 aliphatic carbocycles. The van der Waals surface area contributed by atoms with Gasteiger partial charge >= 0.3 is 5.97 Å². The van der Waals surface area contributed by atoms with Gasteiger partial charge in [-0.15, -0.1) is 0 Å². The Morgan fingerprint density at radius 1 is 1.17 bits per heavy atom. The number of carbonyl (C=O) groups excluding carboxylic acids is 1. The van der Waals surface area contributed by atoms with Crippen LogP contribution in [0.1, 0.15) is 31.0 Å². The molecule has 0 saturated carbocycles. The monoisotopic (exact) mass is 792 g/mol. The van der Waals surface area contributed by atoms with E-state index in [1.807, 2.05) is 54.6 Å². The van der Waals surface area contributed by atoms with E-state index in [2.05, 4.69) is 51.8 Å². The summed E-state index contributed by atoms with van der Waals surface area (Å²) < 4.78 is 21.0. The number of halogens is 2. The second-order valence-electron chi connectivity index (χ2n) is 9.12. The highest BCUT2D eigenvalue weighted by atomic mass is 127. The Kier molecular flexibility index (Phi) is 9.00. The SMILES string of the molecule is C=CCOc1c(I)cc(/C=c2\sc3n(c2=O)C(c2c(OC)ccc4ccccc24)C(C(=O)OCC)=C(C)N=3)cc1I. The Labute approximate surface area is 268 Å². The van der Waals surface area contributed by atoms with E-state index in [9.17, 15) is 9.59 Å².